The largest absolute Gasteiger partial charge is 0.497 e. The molecule has 1 aliphatic heterocycles. The maximum atomic E-state index is 13.2. The number of benzene rings is 2. The summed E-state index contributed by atoms with van der Waals surface area (Å²) in [5.74, 6) is 0.746. The lowest BCUT2D eigenvalue weighted by atomic mass is 9.98. The third kappa shape index (κ3) is 5.54. The van der Waals surface area contributed by atoms with E-state index in [1.54, 1.807) is 25.1 Å². The smallest absolute Gasteiger partial charge is 0.243 e. The van der Waals surface area contributed by atoms with Gasteiger partial charge in [-0.15, -0.1) is 0 Å². The van der Waals surface area contributed by atoms with Crippen LogP contribution in [0.15, 0.2) is 47.4 Å². The molecule has 0 N–H and O–H groups in total. The Kier molecular flexibility index (Phi) is 8.03. The second-order valence-electron chi connectivity index (χ2n) is 7.77. The summed E-state index contributed by atoms with van der Waals surface area (Å²) in [6, 6.07) is 12.0. The Bertz CT molecular complexity index is 1040. The maximum absolute atomic E-state index is 13.2. The molecule has 174 valence electrons. The fourth-order valence-corrected chi connectivity index (χ4v) is 5.67. The Balaban J connectivity index is 1.69. The highest BCUT2D eigenvalue weighted by atomic mass is 35.5. The fraction of sp³-hybridized carbons (Fsp3) is 0.435. The van der Waals surface area contributed by atoms with Gasteiger partial charge in [-0.25, -0.2) is 8.42 Å². The monoisotopic (exact) mass is 480 g/mol. The maximum Gasteiger partial charge on any atom is 0.243 e. The number of nitrogens with zero attached hydrogens (tertiary/aromatic N) is 2. The summed E-state index contributed by atoms with van der Waals surface area (Å²) in [6.45, 7) is 3.24. The van der Waals surface area contributed by atoms with Crippen LogP contribution in [0.2, 0.25) is 5.02 Å². The zero-order chi connectivity index (χ0) is 23.3. The molecule has 0 radical (unpaired) electrons. The molecule has 2 aromatic rings. The molecular weight excluding hydrogens is 452 g/mol. The molecule has 3 rings (SSSR count). The van der Waals surface area contributed by atoms with Crippen molar-refractivity contribution in [3.63, 3.8) is 0 Å². The molecule has 1 aliphatic rings. The molecule has 0 bridgehead atoms. The molecule has 1 atom stereocenters. The summed E-state index contributed by atoms with van der Waals surface area (Å²) in [6.07, 6.45) is 1.28. The van der Waals surface area contributed by atoms with Gasteiger partial charge in [0, 0.05) is 26.7 Å². The van der Waals surface area contributed by atoms with Crippen LogP contribution in [-0.2, 0) is 21.4 Å². The summed E-state index contributed by atoms with van der Waals surface area (Å²) in [5, 5.41) is 0.247. The van der Waals surface area contributed by atoms with Crippen LogP contribution in [-0.4, -0.2) is 57.4 Å². The SMILES string of the molecule is CCOc1ccc(S(=O)(=O)N2CCC[C@@H](C(=O)N(C)Cc3ccc(OC)cc3)C2)cc1Cl. The molecule has 0 saturated carbocycles. The van der Waals surface area contributed by atoms with Crippen LogP contribution in [0.4, 0.5) is 0 Å². The minimum atomic E-state index is -3.77. The van der Waals surface area contributed by atoms with Crippen molar-refractivity contribution in [3.05, 3.63) is 53.1 Å². The van der Waals surface area contributed by atoms with Gasteiger partial charge in [-0.3, -0.25) is 4.79 Å². The number of carbonyl (C=O) groups is 1. The predicted molar refractivity (Wildman–Crippen MR) is 124 cm³/mol. The first-order chi connectivity index (χ1) is 15.3. The summed E-state index contributed by atoms with van der Waals surface area (Å²) >= 11 is 6.19. The Morgan fingerprint density at radius 1 is 1.22 bits per heavy atom. The molecular formula is C23H29ClN2O5S. The van der Waals surface area contributed by atoms with Crippen molar-refractivity contribution in [1.82, 2.24) is 9.21 Å². The molecule has 1 fully saturated rings. The van der Waals surface area contributed by atoms with E-state index in [1.165, 1.54) is 16.4 Å². The highest BCUT2D eigenvalue weighted by Gasteiger charge is 2.34. The molecule has 0 aliphatic carbocycles. The molecule has 0 spiro atoms. The zero-order valence-corrected chi connectivity index (χ0v) is 20.2. The van der Waals surface area contributed by atoms with E-state index in [-0.39, 0.29) is 28.3 Å². The van der Waals surface area contributed by atoms with Crippen molar-refractivity contribution in [2.24, 2.45) is 5.92 Å². The predicted octanol–water partition coefficient (Wildman–Crippen LogP) is 3.81. The van der Waals surface area contributed by atoms with Crippen LogP contribution in [0.5, 0.6) is 11.5 Å². The van der Waals surface area contributed by atoms with Crippen molar-refractivity contribution in [1.29, 1.82) is 0 Å². The number of methoxy groups -OCH3 is 1. The van der Waals surface area contributed by atoms with Gasteiger partial charge in [0.25, 0.3) is 0 Å². The van der Waals surface area contributed by atoms with Gasteiger partial charge in [0.05, 0.1) is 29.6 Å². The normalized spacial score (nSPS) is 17.1. The second-order valence-corrected chi connectivity index (χ2v) is 10.1. The number of rotatable bonds is 8. The first-order valence-electron chi connectivity index (χ1n) is 10.6. The summed E-state index contributed by atoms with van der Waals surface area (Å²) < 4.78 is 38.3. The van der Waals surface area contributed by atoms with Gasteiger partial charge < -0.3 is 14.4 Å². The lowest BCUT2D eigenvalue weighted by Crippen LogP contribution is -2.45. The molecule has 2 aromatic carbocycles. The van der Waals surface area contributed by atoms with Crippen LogP contribution >= 0.6 is 11.6 Å². The van der Waals surface area contributed by atoms with E-state index < -0.39 is 10.0 Å². The number of halogens is 1. The average Bonchev–Trinajstić information content (AvgIpc) is 2.80. The summed E-state index contributed by atoms with van der Waals surface area (Å²) in [7, 11) is -0.418. The molecule has 32 heavy (non-hydrogen) atoms. The third-order valence-electron chi connectivity index (χ3n) is 5.53. The van der Waals surface area contributed by atoms with Crippen molar-refractivity contribution < 1.29 is 22.7 Å². The van der Waals surface area contributed by atoms with Gasteiger partial charge in [-0.2, -0.15) is 4.31 Å². The van der Waals surface area contributed by atoms with E-state index in [0.717, 1.165) is 11.3 Å². The van der Waals surface area contributed by atoms with Crippen molar-refractivity contribution in [2.75, 3.05) is 33.9 Å². The van der Waals surface area contributed by atoms with E-state index in [1.807, 2.05) is 31.2 Å². The Labute approximate surface area is 194 Å². The van der Waals surface area contributed by atoms with Crippen molar-refractivity contribution >= 4 is 27.5 Å². The van der Waals surface area contributed by atoms with Crippen LogP contribution in [0, 0.1) is 5.92 Å². The Hall–Kier alpha value is -2.29. The van der Waals surface area contributed by atoms with E-state index in [2.05, 4.69) is 0 Å². The summed E-state index contributed by atoms with van der Waals surface area (Å²) in [5.41, 5.74) is 0.978. The van der Waals surface area contributed by atoms with Crippen molar-refractivity contribution in [3.8, 4) is 11.5 Å². The third-order valence-corrected chi connectivity index (χ3v) is 7.69. The first-order valence-corrected chi connectivity index (χ1v) is 12.4. The van der Waals surface area contributed by atoms with Gasteiger partial charge in [-0.1, -0.05) is 23.7 Å². The average molecular weight is 481 g/mol. The van der Waals surface area contributed by atoms with E-state index in [4.69, 9.17) is 21.1 Å². The van der Waals surface area contributed by atoms with E-state index in [0.29, 0.717) is 38.3 Å². The minimum absolute atomic E-state index is 0.0644. The molecule has 9 heteroatoms. The van der Waals surface area contributed by atoms with Gasteiger partial charge >= 0.3 is 0 Å². The zero-order valence-electron chi connectivity index (χ0n) is 18.6. The number of sulfonamides is 1. The van der Waals surface area contributed by atoms with E-state index in [9.17, 15) is 13.2 Å². The van der Waals surface area contributed by atoms with Crippen LogP contribution in [0.1, 0.15) is 25.3 Å². The lowest BCUT2D eigenvalue weighted by molar-refractivity contribution is -0.135. The number of piperidine rings is 1. The molecule has 0 unspecified atom stereocenters. The standard InChI is InChI=1S/C23H29ClN2O5S/c1-4-31-22-12-11-20(14-21(22)24)32(28,29)26-13-5-6-18(16-26)23(27)25(2)15-17-7-9-19(30-3)10-8-17/h7-12,14,18H,4-6,13,15-16H2,1-3H3/t18-/m1/s1. The number of carbonyl (C=O) groups excluding carboxylic acids is 1. The minimum Gasteiger partial charge on any atom is -0.497 e. The van der Waals surface area contributed by atoms with Crippen LogP contribution < -0.4 is 9.47 Å². The number of hydrogen-bond donors (Lipinski definition) is 0. The second kappa shape index (κ2) is 10.6. The number of hydrogen-bond acceptors (Lipinski definition) is 5. The van der Waals surface area contributed by atoms with Gasteiger partial charge in [0.15, 0.2) is 0 Å². The van der Waals surface area contributed by atoms with Gasteiger partial charge in [-0.05, 0) is 55.7 Å². The molecule has 1 saturated heterocycles. The molecule has 0 aromatic heterocycles. The highest BCUT2D eigenvalue weighted by molar-refractivity contribution is 7.89. The van der Waals surface area contributed by atoms with Crippen LogP contribution in [0.25, 0.3) is 0 Å². The first kappa shape index (κ1) is 24.4. The molecule has 7 nitrogen and oxygen atoms in total. The Morgan fingerprint density at radius 2 is 1.94 bits per heavy atom. The molecule has 1 heterocycles. The number of amides is 1. The quantitative estimate of drug-likeness (QED) is 0.574. The topological polar surface area (TPSA) is 76.2 Å². The Morgan fingerprint density at radius 3 is 2.56 bits per heavy atom. The number of ether oxygens (including phenoxy) is 2. The summed E-state index contributed by atoms with van der Waals surface area (Å²) in [4.78, 5) is 14.8. The highest BCUT2D eigenvalue weighted by Crippen LogP contribution is 2.31. The van der Waals surface area contributed by atoms with Crippen molar-refractivity contribution in [2.45, 2.75) is 31.2 Å². The van der Waals surface area contributed by atoms with E-state index >= 15 is 0 Å². The fourth-order valence-electron chi connectivity index (χ4n) is 3.82. The van der Waals surface area contributed by atoms with Gasteiger partial charge in [0.1, 0.15) is 11.5 Å². The van der Waals surface area contributed by atoms with Crippen LogP contribution in [0.3, 0.4) is 0 Å². The lowest BCUT2D eigenvalue weighted by Gasteiger charge is -2.33. The van der Waals surface area contributed by atoms with Gasteiger partial charge in [0.2, 0.25) is 15.9 Å². The molecule has 1 amide bonds.